The van der Waals surface area contributed by atoms with Gasteiger partial charge in [0.15, 0.2) is 0 Å². The summed E-state index contributed by atoms with van der Waals surface area (Å²) >= 11 is 0. The smallest absolute Gasteiger partial charge is 0.0143 e. The maximum Gasteiger partial charge on any atom is 0.0143 e. The fourth-order valence-electron chi connectivity index (χ4n) is 1.24. The summed E-state index contributed by atoms with van der Waals surface area (Å²) in [6.45, 7) is 4.81. The first-order valence-electron chi connectivity index (χ1n) is 3.99. The van der Waals surface area contributed by atoms with Crippen molar-refractivity contribution in [2.24, 2.45) is 0 Å². The van der Waals surface area contributed by atoms with E-state index in [1.807, 2.05) is 6.08 Å². The second-order valence-electron chi connectivity index (χ2n) is 2.67. The van der Waals surface area contributed by atoms with Gasteiger partial charge in [-0.15, -0.1) is 0 Å². The van der Waals surface area contributed by atoms with Crippen molar-refractivity contribution in [3.63, 3.8) is 0 Å². The van der Waals surface area contributed by atoms with E-state index in [-0.39, 0.29) is 0 Å². The van der Waals surface area contributed by atoms with E-state index in [4.69, 9.17) is 0 Å². The maximum absolute atomic E-state index is 3.67. The number of hydrogen-bond donors (Lipinski definition) is 1. The normalized spacial score (nSPS) is 23.4. The minimum absolute atomic E-state index is 1.14. The number of allylic oxidation sites excluding steroid dienone is 3. The molecule has 1 N–H and O–H groups in total. The van der Waals surface area contributed by atoms with Crippen LogP contribution in [0.3, 0.4) is 0 Å². The van der Waals surface area contributed by atoms with Crippen molar-refractivity contribution in [2.75, 3.05) is 6.54 Å². The summed E-state index contributed by atoms with van der Waals surface area (Å²) in [7, 11) is 0. The number of rotatable bonds is 1. The molecule has 1 saturated heterocycles. The van der Waals surface area contributed by atoms with Crippen molar-refractivity contribution in [1.29, 1.82) is 0 Å². The van der Waals surface area contributed by atoms with Gasteiger partial charge < -0.3 is 5.32 Å². The van der Waals surface area contributed by atoms with Gasteiger partial charge in [0.1, 0.15) is 0 Å². The Kier molecular flexibility index (Phi) is 3.07. The van der Waals surface area contributed by atoms with E-state index in [0.29, 0.717) is 0 Å². The highest BCUT2D eigenvalue weighted by Crippen LogP contribution is 2.10. The molecule has 0 aromatic carbocycles. The van der Waals surface area contributed by atoms with E-state index >= 15 is 0 Å². The van der Waals surface area contributed by atoms with Gasteiger partial charge in [-0.3, -0.25) is 0 Å². The Hall–Kier alpha value is -0.720. The monoisotopic (exact) mass is 137 g/mol. The zero-order valence-electron chi connectivity index (χ0n) is 6.40. The maximum atomic E-state index is 3.67. The first-order chi connectivity index (χ1) is 4.93. The van der Waals surface area contributed by atoms with Gasteiger partial charge in [0.25, 0.3) is 0 Å². The van der Waals surface area contributed by atoms with Crippen LogP contribution in [0.15, 0.2) is 24.4 Å². The van der Waals surface area contributed by atoms with Crippen LogP contribution in [-0.2, 0) is 0 Å². The van der Waals surface area contributed by atoms with Crippen LogP contribution in [-0.4, -0.2) is 6.54 Å². The van der Waals surface area contributed by atoms with Crippen LogP contribution in [0.1, 0.15) is 25.7 Å². The summed E-state index contributed by atoms with van der Waals surface area (Å²) in [6.07, 6.45) is 9.13. The molecule has 0 bridgehead atoms. The summed E-state index contributed by atoms with van der Waals surface area (Å²) in [5, 5.41) is 3.37. The molecule has 0 aromatic rings. The minimum atomic E-state index is 1.14. The molecule has 0 unspecified atom stereocenters. The predicted octanol–water partition coefficient (Wildman–Crippen LogP) is 2.22. The average molecular weight is 137 g/mol. The molecule has 0 amide bonds. The van der Waals surface area contributed by atoms with E-state index in [2.05, 4.69) is 18.0 Å². The quantitative estimate of drug-likeness (QED) is 0.584. The van der Waals surface area contributed by atoms with Crippen molar-refractivity contribution in [3.8, 4) is 0 Å². The molecule has 1 nitrogen and oxygen atoms in total. The Morgan fingerprint density at radius 1 is 1.30 bits per heavy atom. The average Bonchev–Trinajstić information content (AvgIpc) is 2.17. The van der Waals surface area contributed by atoms with Crippen LogP contribution in [0.25, 0.3) is 0 Å². The van der Waals surface area contributed by atoms with E-state index in [0.717, 1.165) is 6.54 Å². The molecule has 10 heavy (non-hydrogen) atoms. The molecule has 0 atom stereocenters. The first kappa shape index (κ1) is 7.39. The highest BCUT2D eigenvalue weighted by Gasteiger charge is 2.00. The third-order valence-electron chi connectivity index (χ3n) is 1.79. The molecular formula is C9H15N. The number of nitrogens with one attached hydrogen (secondary N) is 1. The second kappa shape index (κ2) is 4.15. The minimum Gasteiger partial charge on any atom is -0.388 e. The summed E-state index contributed by atoms with van der Waals surface area (Å²) in [5.74, 6) is 0. The van der Waals surface area contributed by atoms with Gasteiger partial charge in [-0.05, 0) is 25.3 Å². The van der Waals surface area contributed by atoms with Gasteiger partial charge >= 0.3 is 0 Å². The molecular weight excluding hydrogens is 122 g/mol. The Labute approximate surface area is 62.8 Å². The van der Waals surface area contributed by atoms with Crippen LogP contribution >= 0.6 is 0 Å². The predicted molar refractivity (Wildman–Crippen MR) is 44.8 cm³/mol. The largest absolute Gasteiger partial charge is 0.388 e. The SMILES string of the molecule is C=C/C=C1/CCCCCN1. The van der Waals surface area contributed by atoms with Crippen molar-refractivity contribution in [3.05, 3.63) is 24.4 Å². The van der Waals surface area contributed by atoms with Crippen LogP contribution < -0.4 is 5.32 Å². The molecule has 56 valence electrons. The van der Waals surface area contributed by atoms with E-state index in [9.17, 15) is 0 Å². The molecule has 0 saturated carbocycles. The molecule has 1 aliphatic heterocycles. The lowest BCUT2D eigenvalue weighted by Crippen LogP contribution is -2.11. The lowest BCUT2D eigenvalue weighted by molar-refractivity contribution is 0.721. The van der Waals surface area contributed by atoms with Gasteiger partial charge in [-0.2, -0.15) is 0 Å². The third kappa shape index (κ3) is 2.26. The molecule has 0 aromatic heterocycles. The summed E-state index contributed by atoms with van der Waals surface area (Å²) in [5.41, 5.74) is 1.35. The van der Waals surface area contributed by atoms with Crippen molar-refractivity contribution in [2.45, 2.75) is 25.7 Å². The molecule has 1 aliphatic rings. The van der Waals surface area contributed by atoms with Gasteiger partial charge in [-0.25, -0.2) is 0 Å². The third-order valence-corrected chi connectivity index (χ3v) is 1.79. The molecule has 1 fully saturated rings. The summed E-state index contributed by atoms with van der Waals surface area (Å²) < 4.78 is 0. The lowest BCUT2D eigenvalue weighted by Gasteiger charge is -2.02. The van der Waals surface area contributed by atoms with Gasteiger partial charge in [0, 0.05) is 12.2 Å². The first-order valence-corrected chi connectivity index (χ1v) is 3.99. The molecule has 0 radical (unpaired) electrons. The van der Waals surface area contributed by atoms with Crippen LogP contribution in [0.2, 0.25) is 0 Å². The molecule has 0 spiro atoms. The van der Waals surface area contributed by atoms with Gasteiger partial charge in [0.05, 0.1) is 0 Å². The van der Waals surface area contributed by atoms with Gasteiger partial charge in [-0.1, -0.05) is 19.1 Å². The van der Waals surface area contributed by atoms with Crippen LogP contribution in [0.4, 0.5) is 0 Å². The second-order valence-corrected chi connectivity index (χ2v) is 2.67. The van der Waals surface area contributed by atoms with E-state index < -0.39 is 0 Å². The Bertz CT molecular complexity index is 126. The Balaban J connectivity index is 2.42. The molecule has 1 heterocycles. The zero-order valence-corrected chi connectivity index (χ0v) is 6.40. The topological polar surface area (TPSA) is 12.0 Å². The summed E-state index contributed by atoms with van der Waals surface area (Å²) in [4.78, 5) is 0. The summed E-state index contributed by atoms with van der Waals surface area (Å²) in [6, 6.07) is 0. The fraction of sp³-hybridized carbons (Fsp3) is 0.556. The van der Waals surface area contributed by atoms with Crippen molar-refractivity contribution >= 4 is 0 Å². The van der Waals surface area contributed by atoms with Crippen molar-refractivity contribution < 1.29 is 0 Å². The van der Waals surface area contributed by atoms with Crippen LogP contribution in [0, 0.1) is 0 Å². The lowest BCUT2D eigenvalue weighted by atomic mass is 10.2. The molecule has 1 heteroatoms. The van der Waals surface area contributed by atoms with Gasteiger partial charge in [0.2, 0.25) is 0 Å². The highest BCUT2D eigenvalue weighted by molar-refractivity contribution is 5.09. The fourth-order valence-corrected chi connectivity index (χ4v) is 1.24. The Morgan fingerprint density at radius 2 is 2.20 bits per heavy atom. The molecule has 1 rings (SSSR count). The molecule has 0 aliphatic carbocycles. The standard InChI is InChI=1S/C9H15N/c1-2-6-9-7-4-3-5-8-10-9/h2,6,10H,1,3-5,7-8H2/b9-6-. The van der Waals surface area contributed by atoms with E-state index in [1.54, 1.807) is 0 Å². The highest BCUT2D eigenvalue weighted by atomic mass is 14.9. The van der Waals surface area contributed by atoms with E-state index in [1.165, 1.54) is 31.4 Å². The van der Waals surface area contributed by atoms with Crippen molar-refractivity contribution in [1.82, 2.24) is 5.32 Å². The zero-order chi connectivity index (χ0) is 7.23. The number of hydrogen-bond acceptors (Lipinski definition) is 1. The van der Waals surface area contributed by atoms with Crippen LogP contribution in [0.5, 0.6) is 0 Å². The Morgan fingerprint density at radius 3 is 3.00 bits per heavy atom.